The molecule has 6 heteroatoms. The average Bonchev–Trinajstić information content (AvgIpc) is 2.90. The molecular formula is C14H19F2N3O. The summed E-state index contributed by atoms with van der Waals surface area (Å²) in [7, 11) is 0. The van der Waals surface area contributed by atoms with Gasteiger partial charge in [-0.15, -0.1) is 0 Å². The predicted molar refractivity (Wildman–Crippen MR) is 74.5 cm³/mol. The highest BCUT2D eigenvalue weighted by Crippen LogP contribution is 2.37. The van der Waals surface area contributed by atoms with Crippen molar-refractivity contribution in [1.82, 2.24) is 0 Å². The number of rotatable bonds is 4. The Morgan fingerprint density at radius 1 is 1.35 bits per heavy atom. The Morgan fingerprint density at radius 3 is 2.70 bits per heavy atom. The Balaban J connectivity index is 2.02. The number of guanidine groups is 1. The first-order valence-corrected chi connectivity index (χ1v) is 6.67. The molecule has 110 valence electrons. The summed E-state index contributed by atoms with van der Waals surface area (Å²) >= 11 is 0. The van der Waals surface area contributed by atoms with Gasteiger partial charge in [0.25, 0.3) is 0 Å². The van der Waals surface area contributed by atoms with Gasteiger partial charge in [0, 0.05) is 11.5 Å². The summed E-state index contributed by atoms with van der Waals surface area (Å²) in [4.78, 5) is 4.15. The third kappa shape index (κ3) is 3.45. The highest BCUT2D eigenvalue weighted by atomic mass is 19.1. The van der Waals surface area contributed by atoms with Gasteiger partial charge in [0.05, 0.1) is 18.8 Å². The van der Waals surface area contributed by atoms with Crippen LogP contribution in [0.15, 0.2) is 23.2 Å². The highest BCUT2D eigenvalue weighted by molar-refractivity contribution is 5.92. The molecule has 1 fully saturated rings. The molecule has 0 amide bonds. The van der Waals surface area contributed by atoms with Crippen LogP contribution in [0.3, 0.4) is 0 Å². The van der Waals surface area contributed by atoms with Crippen molar-refractivity contribution in [3.05, 3.63) is 29.8 Å². The van der Waals surface area contributed by atoms with Crippen LogP contribution in [-0.4, -0.2) is 24.2 Å². The predicted octanol–water partition coefficient (Wildman–Crippen LogP) is 2.24. The zero-order valence-electron chi connectivity index (χ0n) is 11.2. The molecule has 1 aromatic carbocycles. The van der Waals surface area contributed by atoms with Crippen LogP contribution >= 0.6 is 0 Å². The summed E-state index contributed by atoms with van der Waals surface area (Å²) in [6.07, 6.45) is 3.97. The maximum absolute atomic E-state index is 13.4. The van der Waals surface area contributed by atoms with Gasteiger partial charge in [0.15, 0.2) is 5.96 Å². The second-order valence-corrected chi connectivity index (χ2v) is 5.32. The average molecular weight is 283 g/mol. The molecule has 1 aromatic rings. The largest absolute Gasteiger partial charge is 0.396 e. The van der Waals surface area contributed by atoms with Crippen molar-refractivity contribution in [2.75, 3.05) is 18.5 Å². The van der Waals surface area contributed by atoms with Crippen LogP contribution in [0.2, 0.25) is 0 Å². The highest BCUT2D eigenvalue weighted by Gasteiger charge is 2.32. The lowest BCUT2D eigenvalue weighted by atomic mass is 9.87. The summed E-state index contributed by atoms with van der Waals surface area (Å²) in [5, 5.41) is 12.0. The molecular weight excluding hydrogens is 264 g/mol. The number of nitrogens with two attached hydrogens (primary N) is 1. The SMILES string of the molecule is NC(=NCC1(CO)CCCC1)Nc1cc(F)ccc1F. The van der Waals surface area contributed by atoms with Crippen LogP contribution in [0.25, 0.3) is 0 Å². The number of anilines is 1. The molecule has 0 saturated heterocycles. The van der Waals surface area contributed by atoms with E-state index in [1.807, 2.05) is 0 Å². The molecule has 2 rings (SSSR count). The fraction of sp³-hybridized carbons (Fsp3) is 0.500. The Bertz CT molecular complexity index is 499. The van der Waals surface area contributed by atoms with E-state index in [1.54, 1.807) is 0 Å². The number of hydrogen-bond donors (Lipinski definition) is 3. The Kier molecular flexibility index (Phi) is 4.54. The number of aliphatic imine (C=N–C) groups is 1. The maximum atomic E-state index is 13.4. The van der Waals surface area contributed by atoms with Crippen molar-refractivity contribution in [3.8, 4) is 0 Å². The molecule has 0 spiro atoms. The molecule has 0 bridgehead atoms. The van der Waals surface area contributed by atoms with Crippen LogP contribution in [-0.2, 0) is 0 Å². The molecule has 0 atom stereocenters. The number of nitrogens with one attached hydrogen (secondary N) is 1. The number of benzene rings is 1. The van der Waals surface area contributed by atoms with Crippen LogP contribution in [0, 0.1) is 17.0 Å². The van der Waals surface area contributed by atoms with Gasteiger partial charge in [-0.2, -0.15) is 0 Å². The van der Waals surface area contributed by atoms with Crippen molar-refractivity contribution in [3.63, 3.8) is 0 Å². The van der Waals surface area contributed by atoms with E-state index in [-0.39, 0.29) is 23.7 Å². The van der Waals surface area contributed by atoms with Gasteiger partial charge in [0.1, 0.15) is 11.6 Å². The van der Waals surface area contributed by atoms with E-state index in [2.05, 4.69) is 10.3 Å². The molecule has 0 aromatic heterocycles. The van der Waals surface area contributed by atoms with E-state index < -0.39 is 11.6 Å². The molecule has 0 aliphatic heterocycles. The van der Waals surface area contributed by atoms with Crippen molar-refractivity contribution >= 4 is 11.6 Å². The normalized spacial score (nSPS) is 18.2. The summed E-state index contributed by atoms with van der Waals surface area (Å²) in [6, 6.07) is 3.08. The zero-order valence-corrected chi connectivity index (χ0v) is 11.2. The fourth-order valence-corrected chi connectivity index (χ4v) is 2.51. The van der Waals surface area contributed by atoms with Crippen LogP contribution in [0.1, 0.15) is 25.7 Å². The third-order valence-corrected chi connectivity index (χ3v) is 3.78. The number of aliphatic hydroxyl groups is 1. The van der Waals surface area contributed by atoms with Gasteiger partial charge >= 0.3 is 0 Å². The zero-order chi connectivity index (χ0) is 14.6. The summed E-state index contributed by atoms with van der Waals surface area (Å²) < 4.78 is 26.5. The van der Waals surface area contributed by atoms with Gasteiger partial charge in [-0.3, -0.25) is 4.99 Å². The number of nitrogens with zero attached hydrogens (tertiary/aromatic N) is 1. The van der Waals surface area contributed by atoms with E-state index in [9.17, 15) is 13.9 Å². The number of hydrogen-bond acceptors (Lipinski definition) is 2. The topological polar surface area (TPSA) is 70.6 Å². The second kappa shape index (κ2) is 6.17. The second-order valence-electron chi connectivity index (χ2n) is 5.32. The molecule has 4 nitrogen and oxygen atoms in total. The van der Waals surface area contributed by atoms with Gasteiger partial charge in [-0.05, 0) is 25.0 Å². The minimum absolute atomic E-state index is 0.0224. The monoisotopic (exact) mass is 283 g/mol. The van der Waals surface area contributed by atoms with E-state index in [4.69, 9.17) is 5.73 Å². The summed E-state index contributed by atoms with van der Waals surface area (Å²) in [5.41, 5.74) is 5.42. The smallest absolute Gasteiger partial charge is 0.193 e. The van der Waals surface area contributed by atoms with Crippen LogP contribution in [0.4, 0.5) is 14.5 Å². The van der Waals surface area contributed by atoms with Gasteiger partial charge in [-0.1, -0.05) is 12.8 Å². The van der Waals surface area contributed by atoms with E-state index in [0.29, 0.717) is 6.54 Å². The van der Waals surface area contributed by atoms with Crippen molar-refractivity contribution in [2.24, 2.45) is 16.1 Å². The van der Waals surface area contributed by atoms with E-state index in [0.717, 1.165) is 43.9 Å². The fourth-order valence-electron chi connectivity index (χ4n) is 2.51. The minimum atomic E-state index is -0.595. The molecule has 0 radical (unpaired) electrons. The summed E-state index contributed by atoms with van der Waals surface area (Å²) in [5.74, 6) is -1.12. The quantitative estimate of drug-likeness (QED) is 0.586. The van der Waals surface area contributed by atoms with Gasteiger partial charge in [0.2, 0.25) is 0 Å². The number of halogens is 2. The van der Waals surface area contributed by atoms with Crippen molar-refractivity contribution in [2.45, 2.75) is 25.7 Å². The maximum Gasteiger partial charge on any atom is 0.193 e. The first kappa shape index (κ1) is 14.7. The van der Waals surface area contributed by atoms with E-state index in [1.165, 1.54) is 0 Å². The first-order valence-electron chi connectivity index (χ1n) is 6.67. The molecule has 0 heterocycles. The summed E-state index contributed by atoms with van der Waals surface area (Å²) in [6.45, 7) is 0.456. The number of aliphatic hydroxyl groups excluding tert-OH is 1. The van der Waals surface area contributed by atoms with Crippen molar-refractivity contribution in [1.29, 1.82) is 0 Å². The molecule has 20 heavy (non-hydrogen) atoms. The van der Waals surface area contributed by atoms with Gasteiger partial charge in [-0.25, -0.2) is 8.78 Å². The molecule has 4 N–H and O–H groups in total. The Labute approximate surface area is 116 Å². The van der Waals surface area contributed by atoms with E-state index >= 15 is 0 Å². The van der Waals surface area contributed by atoms with Crippen LogP contribution in [0.5, 0.6) is 0 Å². The van der Waals surface area contributed by atoms with Gasteiger partial charge < -0.3 is 16.2 Å². The molecule has 1 saturated carbocycles. The standard InChI is InChI=1S/C14H19F2N3O/c15-10-3-4-11(16)12(7-10)19-13(17)18-8-14(9-20)5-1-2-6-14/h3-4,7,20H,1-2,5-6,8-9H2,(H3,17,18,19). The lowest BCUT2D eigenvalue weighted by molar-refractivity contribution is 0.139. The van der Waals surface area contributed by atoms with Crippen molar-refractivity contribution < 1.29 is 13.9 Å². The first-order chi connectivity index (χ1) is 9.54. The minimum Gasteiger partial charge on any atom is -0.396 e. The lowest BCUT2D eigenvalue weighted by Gasteiger charge is -2.24. The Morgan fingerprint density at radius 2 is 2.05 bits per heavy atom. The third-order valence-electron chi connectivity index (χ3n) is 3.78. The molecule has 0 unspecified atom stereocenters. The lowest BCUT2D eigenvalue weighted by Crippen LogP contribution is -2.29. The molecule has 1 aliphatic carbocycles. The Hall–Kier alpha value is -1.69. The molecule has 1 aliphatic rings. The van der Waals surface area contributed by atoms with Crippen LogP contribution < -0.4 is 11.1 Å².